The standard InChI is InChI=1S/C14H17N3O2/c15-10-11-7-8-14(17(18)19)13(9-11)16-12-5-3-1-2-4-6-12/h7-9,12,16H,1-6H2. The zero-order chi connectivity index (χ0) is 13.7. The predicted octanol–water partition coefficient (Wildman–Crippen LogP) is 3.60. The van der Waals surface area contributed by atoms with Crippen LogP contribution in [-0.4, -0.2) is 11.0 Å². The summed E-state index contributed by atoms with van der Waals surface area (Å²) >= 11 is 0. The van der Waals surface area contributed by atoms with Crippen LogP contribution in [-0.2, 0) is 0 Å². The van der Waals surface area contributed by atoms with Gasteiger partial charge in [-0.25, -0.2) is 0 Å². The first kappa shape index (κ1) is 13.3. The fourth-order valence-electron chi connectivity index (χ4n) is 2.52. The SMILES string of the molecule is N#Cc1ccc([N+](=O)[O-])c(NC2CCCCCC2)c1. The Morgan fingerprint density at radius 1 is 1.26 bits per heavy atom. The van der Waals surface area contributed by atoms with Gasteiger partial charge in [0.05, 0.1) is 16.6 Å². The summed E-state index contributed by atoms with van der Waals surface area (Å²) in [6, 6.07) is 6.75. The van der Waals surface area contributed by atoms with Crippen LogP contribution < -0.4 is 5.32 Å². The van der Waals surface area contributed by atoms with Crippen LogP contribution >= 0.6 is 0 Å². The van der Waals surface area contributed by atoms with E-state index in [4.69, 9.17) is 5.26 Å². The third-order valence-electron chi connectivity index (χ3n) is 3.54. The van der Waals surface area contributed by atoms with Gasteiger partial charge in [0.25, 0.3) is 5.69 Å². The third kappa shape index (κ3) is 3.44. The molecule has 19 heavy (non-hydrogen) atoms. The van der Waals surface area contributed by atoms with Crippen LogP contribution in [0.1, 0.15) is 44.1 Å². The maximum Gasteiger partial charge on any atom is 0.292 e. The Hall–Kier alpha value is -2.09. The molecule has 0 aromatic heterocycles. The van der Waals surface area contributed by atoms with Crippen LogP contribution in [0, 0.1) is 21.4 Å². The number of nitrogens with zero attached hydrogens (tertiary/aromatic N) is 2. The first-order valence-electron chi connectivity index (χ1n) is 6.66. The highest BCUT2D eigenvalue weighted by atomic mass is 16.6. The van der Waals surface area contributed by atoms with Gasteiger partial charge in [-0.05, 0) is 25.0 Å². The second-order valence-electron chi connectivity index (χ2n) is 4.93. The molecule has 1 fully saturated rings. The second kappa shape index (κ2) is 6.19. The van der Waals surface area contributed by atoms with Crippen molar-refractivity contribution in [1.29, 1.82) is 5.26 Å². The Kier molecular flexibility index (Phi) is 4.35. The predicted molar refractivity (Wildman–Crippen MR) is 72.9 cm³/mol. The topological polar surface area (TPSA) is 79.0 Å². The van der Waals surface area contributed by atoms with Crippen molar-refractivity contribution in [3.63, 3.8) is 0 Å². The number of hydrogen-bond donors (Lipinski definition) is 1. The Morgan fingerprint density at radius 3 is 2.53 bits per heavy atom. The second-order valence-corrected chi connectivity index (χ2v) is 4.93. The molecular formula is C14H17N3O2. The molecule has 0 radical (unpaired) electrons. The molecule has 1 saturated carbocycles. The zero-order valence-corrected chi connectivity index (χ0v) is 10.8. The molecule has 0 spiro atoms. The van der Waals surface area contributed by atoms with E-state index in [1.165, 1.54) is 25.0 Å². The first-order chi connectivity index (χ1) is 9.20. The van der Waals surface area contributed by atoms with E-state index >= 15 is 0 Å². The highest BCUT2D eigenvalue weighted by Gasteiger charge is 2.18. The molecule has 100 valence electrons. The average molecular weight is 259 g/mol. The van der Waals surface area contributed by atoms with E-state index < -0.39 is 4.92 Å². The van der Waals surface area contributed by atoms with E-state index in [0.29, 0.717) is 11.3 Å². The number of hydrogen-bond acceptors (Lipinski definition) is 4. The molecule has 2 rings (SSSR count). The van der Waals surface area contributed by atoms with Crippen LogP contribution in [0.25, 0.3) is 0 Å². The highest BCUT2D eigenvalue weighted by molar-refractivity contribution is 5.64. The van der Waals surface area contributed by atoms with Crippen molar-refractivity contribution in [2.45, 2.75) is 44.6 Å². The molecule has 0 atom stereocenters. The molecule has 1 aromatic rings. The van der Waals surface area contributed by atoms with Crippen molar-refractivity contribution in [1.82, 2.24) is 0 Å². The summed E-state index contributed by atoms with van der Waals surface area (Å²) in [6.07, 6.45) is 6.85. The number of rotatable bonds is 3. The fraction of sp³-hybridized carbons (Fsp3) is 0.500. The minimum Gasteiger partial charge on any atom is -0.377 e. The molecule has 0 heterocycles. The van der Waals surface area contributed by atoms with Gasteiger partial charge in [-0.1, -0.05) is 25.7 Å². The van der Waals surface area contributed by atoms with Gasteiger partial charge in [-0.2, -0.15) is 5.26 Å². The zero-order valence-electron chi connectivity index (χ0n) is 10.8. The fourth-order valence-corrected chi connectivity index (χ4v) is 2.52. The molecule has 5 heteroatoms. The molecule has 1 aliphatic carbocycles. The van der Waals surface area contributed by atoms with Crippen LogP contribution in [0.4, 0.5) is 11.4 Å². The first-order valence-corrected chi connectivity index (χ1v) is 6.66. The number of nitriles is 1. The van der Waals surface area contributed by atoms with Gasteiger partial charge in [-0.15, -0.1) is 0 Å². The maximum absolute atomic E-state index is 11.0. The Bertz CT molecular complexity index is 500. The van der Waals surface area contributed by atoms with E-state index in [1.807, 2.05) is 6.07 Å². The highest BCUT2D eigenvalue weighted by Crippen LogP contribution is 2.28. The average Bonchev–Trinajstić information content (AvgIpc) is 2.67. The molecule has 1 aromatic carbocycles. The Labute approximate surface area is 112 Å². The third-order valence-corrected chi connectivity index (χ3v) is 3.54. The normalized spacial score (nSPS) is 16.4. The molecule has 0 amide bonds. The van der Waals surface area contributed by atoms with Gasteiger partial charge in [0.1, 0.15) is 5.69 Å². The molecule has 0 bridgehead atoms. The number of nitro groups is 1. The molecular weight excluding hydrogens is 242 g/mol. The number of nitro benzene ring substituents is 1. The van der Waals surface area contributed by atoms with E-state index in [1.54, 1.807) is 6.07 Å². The summed E-state index contributed by atoms with van der Waals surface area (Å²) < 4.78 is 0. The maximum atomic E-state index is 11.0. The van der Waals surface area contributed by atoms with E-state index in [-0.39, 0.29) is 11.7 Å². The molecule has 0 unspecified atom stereocenters. The number of anilines is 1. The lowest BCUT2D eigenvalue weighted by atomic mass is 10.1. The van der Waals surface area contributed by atoms with Crippen molar-refractivity contribution in [2.24, 2.45) is 0 Å². The number of nitrogens with one attached hydrogen (secondary N) is 1. The summed E-state index contributed by atoms with van der Waals surface area (Å²) in [5.74, 6) is 0. The molecule has 1 aliphatic rings. The van der Waals surface area contributed by atoms with Gasteiger partial charge in [0.2, 0.25) is 0 Å². The minimum atomic E-state index is -0.403. The Balaban J connectivity index is 2.21. The smallest absolute Gasteiger partial charge is 0.292 e. The molecule has 0 saturated heterocycles. The van der Waals surface area contributed by atoms with E-state index in [9.17, 15) is 10.1 Å². The quantitative estimate of drug-likeness (QED) is 0.511. The van der Waals surface area contributed by atoms with Gasteiger partial charge in [-0.3, -0.25) is 10.1 Å². The van der Waals surface area contributed by atoms with Crippen LogP contribution in [0.15, 0.2) is 18.2 Å². The van der Waals surface area contributed by atoms with Crippen molar-refractivity contribution in [3.05, 3.63) is 33.9 Å². The number of benzene rings is 1. The van der Waals surface area contributed by atoms with Crippen molar-refractivity contribution in [3.8, 4) is 6.07 Å². The Morgan fingerprint density at radius 2 is 1.95 bits per heavy atom. The van der Waals surface area contributed by atoms with Crippen LogP contribution in [0.2, 0.25) is 0 Å². The van der Waals surface area contributed by atoms with Crippen molar-refractivity contribution >= 4 is 11.4 Å². The van der Waals surface area contributed by atoms with Crippen LogP contribution in [0.5, 0.6) is 0 Å². The largest absolute Gasteiger partial charge is 0.377 e. The summed E-state index contributed by atoms with van der Waals surface area (Å²) in [7, 11) is 0. The van der Waals surface area contributed by atoms with E-state index in [0.717, 1.165) is 25.7 Å². The summed E-state index contributed by atoms with van der Waals surface area (Å²) in [4.78, 5) is 10.6. The summed E-state index contributed by atoms with van der Waals surface area (Å²) in [5.41, 5.74) is 0.959. The lowest BCUT2D eigenvalue weighted by molar-refractivity contribution is -0.384. The van der Waals surface area contributed by atoms with Crippen LogP contribution in [0.3, 0.4) is 0 Å². The van der Waals surface area contributed by atoms with Crippen molar-refractivity contribution in [2.75, 3.05) is 5.32 Å². The minimum absolute atomic E-state index is 0.0447. The van der Waals surface area contributed by atoms with Gasteiger partial charge >= 0.3 is 0 Å². The molecule has 1 N–H and O–H groups in total. The summed E-state index contributed by atoms with van der Waals surface area (Å²) in [6.45, 7) is 0. The molecule has 5 nitrogen and oxygen atoms in total. The summed E-state index contributed by atoms with van der Waals surface area (Å²) in [5, 5.41) is 23.2. The van der Waals surface area contributed by atoms with Gasteiger partial charge in [0.15, 0.2) is 0 Å². The van der Waals surface area contributed by atoms with Gasteiger partial charge < -0.3 is 5.32 Å². The monoisotopic (exact) mass is 259 g/mol. The van der Waals surface area contributed by atoms with Crippen molar-refractivity contribution < 1.29 is 4.92 Å². The lowest BCUT2D eigenvalue weighted by Crippen LogP contribution is -2.19. The lowest BCUT2D eigenvalue weighted by Gasteiger charge is -2.17. The van der Waals surface area contributed by atoms with Gasteiger partial charge in [0, 0.05) is 12.1 Å². The molecule has 0 aliphatic heterocycles. The van der Waals surface area contributed by atoms with E-state index in [2.05, 4.69) is 5.32 Å².